The predicted octanol–water partition coefficient (Wildman–Crippen LogP) is 3.46. The number of methoxy groups -OCH3 is 1. The molecular formula is C17H18ClN3O4S2. The molecule has 7 nitrogen and oxygen atoms in total. The number of carbonyl (C=O) groups excluding carboxylic acids is 2. The molecule has 0 unspecified atom stereocenters. The number of halogens is 1. The van der Waals surface area contributed by atoms with Gasteiger partial charge in [0.05, 0.1) is 19.4 Å². The molecule has 1 aromatic rings. The molecule has 2 heterocycles. The molecule has 0 saturated heterocycles. The van der Waals surface area contributed by atoms with Crippen LogP contribution in [0.25, 0.3) is 0 Å². The van der Waals surface area contributed by atoms with Gasteiger partial charge in [0.2, 0.25) is 9.37 Å². The van der Waals surface area contributed by atoms with Gasteiger partial charge in [0, 0.05) is 17.8 Å². The summed E-state index contributed by atoms with van der Waals surface area (Å²) in [4.78, 5) is 26.9. The van der Waals surface area contributed by atoms with Crippen LogP contribution in [0.3, 0.4) is 0 Å². The number of esters is 2. The first-order valence-corrected chi connectivity index (χ1v) is 10.1. The number of allylic oxidation sites excluding steroid dienone is 1. The number of nitrogens with zero attached hydrogens (tertiary/aromatic N) is 3. The molecule has 27 heavy (non-hydrogen) atoms. The van der Waals surface area contributed by atoms with Gasteiger partial charge in [0.1, 0.15) is 4.91 Å². The molecule has 0 radical (unpaired) electrons. The van der Waals surface area contributed by atoms with Crippen molar-refractivity contribution in [3.8, 4) is 0 Å². The average molecular weight is 428 g/mol. The highest BCUT2D eigenvalue weighted by Crippen LogP contribution is 2.58. The van der Waals surface area contributed by atoms with E-state index < -0.39 is 16.3 Å². The highest BCUT2D eigenvalue weighted by molar-refractivity contribution is 8.28. The fourth-order valence-electron chi connectivity index (χ4n) is 2.62. The summed E-state index contributed by atoms with van der Waals surface area (Å²) < 4.78 is 9.14. The van der Waals surface area contributed by atoms with Gasteiger partial charge in [0.15, 0.2) is 0 Å². The Hall–Kier alpha value is -1.84. The third-order valence-corrected chi connectivity index (χ3v) is 7.36. The zero-order chi connectivity index (χ0) is 19.8. The van der Waals surface area contributed by atoms with Crippen LogP contribution in [0.15, 0.2) is 40.0 Å². The molecule has 1 spiro atoms. The first-order chi connectivity index (χ1) is 12.8. The summed E-state index contributed by atoms with van der Waals surface area (Å²) in [5.41, 5.74) is 1.47. The minimum absolute atomic E-state index is 0.199. The van der Waals surface area contributed by atoms with Crippen LogP contribution in [-0.4, -0.2) is 47.0 Å². The average Bonchev–Trinajstić information content (AvgIpc) is 3.16. The Labute approximate surface area is 170 Å². The lowest BCUT2D eigenvalue weighted by Gasteiger charge is -2.39. The third-order valence-electron chi connectivity index (χ3n) is 4.07. The van der Waals surface area contributed by atoms with Crippen LogP contribution >= 0.6 is 35.1 Å². The van der Waals surface area contributed by atoms with E-state index in [1.165, 1.54) is 30.6 Å². The molecule has 0 aromatic heterocycles. The van der Waals surface area contributed by atoms with Gasteiger partial charge in [0.25, 0.3) is 0 Å². The molecule has 0 aliphatic carbocycles. The Balaban J connectivity index is 2.03. The number of carbonyl (C=O) groups is 2. The van der Waals surface area contributed by atoms with E-state index in [0.29, 0.717) is 9.93 Å². The molecule has 0 bridgehead atoms. The molecule has 10 heteroatoms. The molecule has 0 saturated carbocycles. The predicted molar refractivity (Wildman–Crippen MR) is 108 cm³/mol. The van der Waals surface area contributed by atoms with E-state index in [0.717, 1.165) is 11.4 Å². The van der Waals surface area contributed by atoms with Gasteiger partial charge in [-0.15, -0.1) is 0 Å². The smallest absolute Gasteiger partial charge is 0.365 e. The Morgan fingerprint density at radius 2 is 1.89 bits per heavy atom. The second-order valence-corrected chi connectivity index (χ2v) is 8.67. The number of hydrogen-bond acceptors (Lipinski definition) is 9. The van der Waals surface area contributed by atoms with E-state index in [-0.39, 0.29) is 11.7 Å². The fourth-order valence-corrected chi connectivity index (χ4v) is 5.64. The molecule has 0 N–H and O–H groups in total. The topological polar surface area (TPSA) is 71.4 Å². The van der Waals surface area contributed by atoms with Gasteiger partial charge in [-0.25, -0.2) is 14.6 Å². The number of hydrazone groups is 1. The fraction of sp³-hybridized carbons (Fsp3) is 0.353. The van der Waals surface area contributed by atoms with Gasteiger partial charge < -0.3 is 14.4 Å². The van der Waals surface area contributed by atoms with Crippen molar-refractivity contribution < 1.29 is 19.1 Å². The summed E-state index contributed by atoms with van der Waals surface area (Å²) in [6, 6.07) is 7.10. The Bertz CT molecular complexity index is 843. The minimum atomic E-state index is -0.885. The second-order valence-electron chi connectivity index (χ2n) is 5.63. The molecule has 3 rings (SSSR count). The van der Waals surface area contributed by atoms with Crippen molar-refractivity contribution in [1.82, 2.24) is 4.90 Å². The number of rotatable bonds is 4. The van der Waals surface area contributed by atoms with Crippen molar-refractivity contribution in [3.05, 3.63) is 39.9 Å². The summed E-state index contributed by atoms with van der Waals surface area (Å²) in [5, 5.41) is 6.96. The van der Waals surface area contributed by atoms with Crippen LogP contribution in [0.1, 0.15) is 13.8 Å². The van der Waals surface area contributed by atoms with Crippen LogP contribution in [0.2, 0.25) is 5.02 Å². The zero-order valence-electron chi connectivity index (χ0n) is 15.2. The first-order valence-electron chi connectivity index (χ1n) is 8.06. The maximum absolute atomic E-state index is 12.4. The Morgan fingerprint density at radius 1 is 1.22 bits per heavy atom. The highest BCUT2D eigenvalue weighted by atomic mass is 35.5. The van der Waals surface area contributed by atoms with Gasteiger partial charge in [-0.1, -0.05) is 23.4 Å². The van der Waals surface area contributed by atoms with Crippen LogP contribution in [-0.2, 0) is 19.1 Å². The van der Waals surface area contributed by atoms with Crippen LogP contribution < -0.4 is 5.01 Å². The third kappa shape index (κ3) is 3.39. The molecule has 0 fully saturated rings. The van der Waals surface area contributed by atoms with Crippen molar-refractivity contribution in [2.24, 2.45) is 5.10 Å². The van der Waals surface area contributed by atoms with Crippen LogP contribution in [0.4, 0.5) is 5.69 Å². The van der Waals surface area contributed by atoms with Gasteiger partial charge in [-0.2, -0.15) is 5.10 Å². The summed E-state index contributed by atoms with van der Waals surface area (Å²) in [7, 11) is 3.16. The lowest BCUT2D eigenvalue weighted by molar-refractivity contribution is -0.137. The summed E-state index contributed by atoms with van der Waals surface area (Å²) in [5.74, 6) is -0.932. The van der Waals surface area contributed by atoms with Crippen LogP contribution in [0, 0.1) is 0 Å². The quantitative estimate of drug-likeness (QED) is 0.676. The standard InChI is InChI=1S/C17H18ClN3O4S2/c1-5-25-15(22)13-10(2)20(3)17(26-13)21(12-8-6-11(18)7-9-12)19-14(27-17)16(23)24-4/h6-9H,5H2,1-4H3/t17-/m1/s1. The van der Waals surface area contributed by atoms with Gasteiger partial charge in [-0.05, 0) is 49.9 Å². The number of ether oxygens (including phenoxy) is 2. The molecule has 2 aliphatic heterocycles. The van der Waals surface area contributed by atoms with Gasteiger partial charge >= 0.3 is 11.9 Å². The van der Waals surface area contributed by atoms with Crippen molar-refractivity contribution in [3.63, 3.8) is 0 Å². The number of benzene rings is 1. The zero-order valence-corrected chi connectivity index (χ0v) is 17.6. The van der Waals surface area contributed by atoms with E-state index in [9.17, 15) is 9.59 Å². The maximum Gasteiger partial charge on any atom is 0.365 e. The van der Waals surface area contributed by atoms with Crippen molar-refractivity contribution in [1.29, 1.82) is 0 Å². The monoisotopic (exact) mass is 427 g/mol. The van der Waals surface area contributed by atoms with Crippen molar-refractivity contribution in [2.45, 2.75) is 18.2 Å². The molecule has 0 amide bonds. The Morgan fingerprint density at radius 3 is 2.48 bits per heavy atom. The highest BCUT2D eigenvalue weighted by Gasteiger charge is 2.56. The van der Waals surface area contributed by atoms with Gasteiger partial charge in [-0.3, -0.25) is 0 Å². The molecule has 144 valence electrons. The molecule has 2 aliphatic rings. The Kier molecular flexibility index (Phi) is 5.64. The normalized spacial score (nSPS) is 21.7. The first kappa shape index (κ1) is 19.9. The van der Waals surface area contributed by atoms with E-state index in [1.54, 1.807) is 36.2 Å². The lowest BCUT2D eigenvalue weighted by atomic mass is 10.3. The SMILES string of the molecule is CCOC(=O)C1=C(C)N(C)[C@]2(SC(C(=O)OC)=NN2c2ccc(Cl)cc2)S1. The summed E-state index contributed by atoms with van der Waals surface area (Å²) in [6.45, 7) is 3.88. The lowest BCUT2D eigenvalue weighted by Crippen LogP contribution is -2.47. The molecule has 1 aromatic carbocycles. The van der Waals surface area contributed by atoms with Crippen molar-refractivity contribution in [2.75, 3.05) is 25.8 Å². The van der Waals surface area contributed by atoms with E-state index in [2.05, 4.69) is 5.10 Å². The number of hydrogen-bond donors (Lipinski definition) is 0. The maximum atomic E-state index is 12.4. The molecular weight excluding hydrogens is 410 g/mol. The van der Waals surface area contributed by atoms with E-state index in [4.69, 9.17) is 21.1 Å². The largest absolute Gasteiger partial charge is 0.464 e. The van der Waals surface area contributed by atoms with Crippen LogP contribution in [0.5, 0.6) is 0 Å². The second kappa shape index (κ2) is 7.65. The van der Waals surface area contributed by atoms with E-state index in [1.807, 2.05) is 18.9 Å². The summed E-state index contributed by atoms with van der Waals surface area (Å²) in [6.07, 6.45) is 0. The van der Waals surface area contributed by atoms with Crippen molar-refractivity contribution >= 4 is 57.8 Å². The summed E-state index contributed by atoms with van der Waals surface area (Å²) >= 11 is 8.51. The minimum Gasteiger partial charge on any atom is -0.464 e. The number of anilines is 1. The van der Waals surface area contributed by atoms with E-state index >= 15 is 0 Å². The molecule has 1 atom stereocenters. The number of thioether (sulfide) groups is 2.